The Morgan fingerprint density at radius 1 is 1.08 bits per heavy atom. The Hall–Kier alpha value is -2.04. The minimum absolute atomic E-state index is 0.00660. The Labute approximate surface area is 144 Å². The summed E-state index contributed by atoms with van der Waals surface area (Å²) in [5.41, 5.74) is 1.96. The molecule has 2 amide bonds. The number of likely N-dealkylation sites (N-methyl/N-ethyl adjacent to an activating group) is 1. The standard InChI is InChI=1S/C19H29N3O2/c1-15(13-19(24)22-11-5-3-4-6-12-22)21-17-9-7-16(8-10-17)14-18(23)20-2/h7-10,15,21H,3-6,11-14H2,1-2H3,(H,20,23)/t15-/m0/s1. The maximum Gasteiger partial charge on any atom is 0.224 e. The maximum atomic E-state index is 12.4. The average Bonchev–Trinajstić information content (AvgIpc) is 2.85. The first-order valence-electron chi connectivity index (χ1n) is 8.92. The van der Waals surface area contributed by atoms with Crippen molar-refractivity contribution in [3.63, 3.8) is 0 Å². The fourth-order valence-corrected chi connectivity index (χ4v) is 3.04. The number of benzene rings is 1. The van der Waals surface area contributed by atoms with E-state index in [1.165, 1.54) is 12.8 Å². The van der Waals surface area contributed by atoms with Gasteiger partial charge in [-0.1, -0.05) is 25.0 Å². The Bertz CT molecular complexity index is 534. The zero-order chi connectivity index (χ0) is 17.4. The van der Waals surface area contributed by atoms with Gasteiger partial charge in [0.2, 0.25) is 11.8 Å². The molecule has 0 saturated carbocycles. The van der Waals surface area contributed by atoms with E-state index in [-0.39, 0.29) is 17.9 Å². The summed E-state index contributed by atoms with van der Waals surface area (Å²) < 4.78 is 0. The van der Waals surface area contributed by atoms with Crippen LogP contribution in [0.4, 0.5) is 5.69 Å². The van der Waals surface area contributed by atoms with Crippen molar-refractivity contribution in [1.29, 1.82) is 0 Å². The van der Waals surface area contributed by atoms with Crippen LogP contribution >= 0.6 is 0 Å². The number of hydrogen-bond acceptors (Lipinski definition) is 3. The Balaban J connectivity index is 1.81. The van der Waals surface area contributed by atoms with E-state index in [2.05, 4.69) is 10.6 Å². The smallest absolute Gasteiger partial charge is 0.224 e. The summed E-state index contributed by atoms with van der Waals surface area (Å²) in [6, 6.07) is 7.91. The van der Waals surface area contributed by atoms with Crippen LogP contribution < -0.4 is 10.6 Å². The lowest BCUT2D eigenvalue weighted by molar-refractivity contribution is -0.131. The number of anilines is 1. The predicted octanol–water partition coefficient (Wildman–Crippen LogP) is 2.57. The normalized spacial score (nSPS) is 16.2. The lowest BCUT2D eigenvalue weighted by Crippen LogP contribution is -2.35. The number of rotatable bonds is 6. The summed E-state index contributed by atoms with van der Waals surface area (Å²) >= 11 is 0. The van der Waals surface area contributed by atoms with Crippen LogP contribution in [-0.4, -0.2) is 42.9 Å². The van der Waals surface area contributed by atoms with Gasteiger partial charge in [-0.25, -0.2) is 0 Å². The molecule has 5 heteroatoms. The van der Waals surface area contributed by atoms with Crippen LogP contribution in [0.3, 0.4) is 0 Å². The molecule has 0 unspecified atom stereocenters. The molecule has 0 aliphatic carbocycles. The summed E-state index contributed by atoms with van der Waals surface area (Å²) in [5.74, 6) is 0.250. The van der Waals surface area contributed by atoms with E-state index in [9.17, 15) is 9.59 Å². The highest BCUT2D eigenvalue weighted by molar-refractivity contribution is 5.78. The third-order valence-electron chi connectivity index (χ3n) is 4.45. The van der Waals surface area contributed by atoms with Gasteiger partial charge in [0.05, 0.1) is 6.42 Å². The molecule has 1 saturated heterocycles. The third kappa shape index (κ3) is 5.87. The van der Waals surface area contributed by atoms with Gasteiger partial charge in [0.25, 0.3) is 0 Å². The first-order chi connectivity index (χ1) is 11.6. The molecular weight excluding hydrogens is 302 g/mol. The SMILES string of the molecule is CNC(=O)Cc1ccc(N[C@@H](C)CC(=O)N2CCCCCC2)cc1. The Kier molecular flexibility index (Phi) is 7.09. The molecule has 0 aromatic heterocycles. The molecule has 5 nitrogen and oxygen atoms in total. The van der Waals surface area contributed by atoms with Gasteiger partial charge in [-0.3, -0.25) is 9.59 Å². The van der Waals surface area contributed by atoms with Crippen LogP contribution in [0.2, 0.25) is 0 Å². The van der Waals surface area contributed by atoms with E-state index in [4.69, 9.17) is 0 Å². The summed E-state index contributed by atoms with van der Waals surface area (Å²) in [6.45, 7) is 3.84. The molecule has 0 radical (unpaired) electrons. The van der Waals surface area contributed by atoms with Crippen molar-refractivity contribution >= 4 is 17.5 Å². The average molecular weight is 331 g/mol. The van der Waals surface area contributed by atoms with Crippen molar-refractivity contribution in [3.05, 3.63) is 29.8 Å². The molecule has 24 heavy (non-hydrogen) atoms. The van der Waals surface area contributed by atoms with Crippen LogP contribution in [0.25, 0.3) is 0 Å². The number of nitrogens with zero attached hydrogens (tertiary/aromatic N) is 1. The van der Waals surface area contributed by atoms with Gasteiger partial charge in [0, 0.05) is 38.3 Å². The maximum absolute atomic E-state index is 12.4. The molecule has 2 rings (SSSR count). The minimum atomic E-state index is 0.00660. The largest absolute Gasteiger partial charge is 0.382 e. The van der Waals surface area contributed by atoms with E-state index < -0.39 is 0 Å². The summed E-state index contributed by atoms with van der Waals surface area (Å²) in [7, 11) is 1.64. The van der Waals surface area contributed by atoms with E-state index >= 15 is 0 Å². The van der Waals surface area contributed by atoms with Gasteiger partial charge in [-0.15, -0.1) is 0 Å². The topological polar surface area (TPSA) is 61.4 Å². The monoisotopic (exact) mass is 331 g/mol. The van der Waals surface area contributed by atoms with Crippen LogP contribution in [0.5, 0.6) is 0 Å². The predicted molar refractivity (Wildman–Crippen MR) is 97.0 cm³/mol. The minimum Gasteiger partial charge on any atom is -0.382 e. The van der Waals surface area contributed by atoms with E-state index in [1.807, 2.05) is 36.1 Å². The summed E-state index contributed by atoms with van der Waals surface area (Å²) in [4.78, 5) is 25.8. The second kappa shape index (κ2) is 9.30. The number of carbonyl (C=O) groups is 2. The molecule has 1 atom stereocenters. The van der Waals surface area contributed by atoms with Crippen molar-refractivity contribution in [1.82, 2.24) is 10.2 Å². The zero-order valence-electron chi connectivity index (χ0n) is 14.8. The summed E-state index contributed by atoms with van der Waals surface area (Å²) in [6.07, 6.45) is 5.63. The van der Waals surface area contributed by atoms with Gasteiger partial charge in [0.1, 0.15) is 0 Å². The number of carbonyl (C=O) groups excluding carboxylic acids is 2. The molecule has 2 N–H and O–H groups in total. The fraction of sp³-hybridized carbons (Fsp3) is 0.579. The highest BCUT2D eigenvalue weighted by Crippen LogP contribution is 2.15. The molecule has 1 fully saturated rings. The van der Waals surface area contributed by atoms with Crippen LogP contribution in [0.1, 0.15) is 44.6 Å². The number of hydrogen-bond donors (Lipinski definition) is 2. The molecule has 0 bridgehead atoms. The number of amides is 2. The van der Waals surface area contributed by atoms with Crippen molar-refractivity contribution in [2.75, 3.05) is 25.5 Å². The van der Waals surface area contributed by atoms with Crippen molar-refractivity contribution < 1.29 is 9.59 Å². The first kappa shape index (κ1) is 18.3. The van der Waals surface area contributed by atoms with E-state index in [1.54, 1.807) is 7.05 Å². The zero-order valence-corrected chi connectivity index (χ0v) is 14.8. The molecule has 1 aromatic carbocycles. The molecule has 1 aliphatic heterocycles. The van der Waals surface area contributed by atoms with Gasteiger partial charge >= 0.3 is 0 Å². The molecule has 1 aliphatic rings. The van der Waals surface area contributed by atoms with Gasteiger partial charge in [-0.05, 0) is 37.5 Å². The van der Waals surface area contributed by atoms with Crippen LogP contribution in [-0.2, 0) is 16.0 Å². The molecule has 132 valence electrons. The second-order valence-corrected chi connectivity index (χ2v) is 6.59. The van der Waals surface area contributed by atoms with Gasteiger partial charge in [0.15, 0.2) is 0 Å². The molecule has 1 aromatic rings. The highest BCUT2D eigenvalue weighted by Gasteiger charge is 2.17. The molecule has 1 heterocycles. The van der Waals surface area contributed by atoms with Crippen LogP contribution in [0, 0.1) is 0 Å². The molecule has 0 spiro atoms. The van der Waals surface area contributed by atoms with Crippen molar-refractivity contribution in [2.45, 2.75) is 51.5 Å². The first-order valence-corrected chi connectivity index (χ1v) is 8.92. The fourth-order valence-electron chi connectivity index (χ4n) is 3.04. The van der Waals surface area contributed by atoms with Gasteiger partial charge < -0.3 is 15.5 Å². The van der Waals surface area contributed by atoms with E-state index in [0.29, 0.717) is 12.8 Å². The lowest BCUT2D eigenvalue weighted by atomic mass is 10.1. The lowest BCUT2D eigenvalue weighted by Gasteiger charge is -2.23. The van der Waals surface area contributed by atoms with Gasteiger partial charge in [-0.2, -0.15) is 0 Å². The number of likely N-dealkylation sites (tertiary alicyclic amines) is 1. The highest BCUT2D eigenvalue weighted by atomic mass is 16.2. The third-order valence-corrected chi connectivity index (χ3v) is 4.45. The number of nitrogens with one attached hydrogen (secondary N) is 2. The second-order valence-electron chi connectivity index (χ2n) is 6.59. The summed E-state index contributed by atoms with van der Waals surface area (Å²) in [5, 5.41) is 5.99. The van der Waals surface area contributed by atoms with E-state index in [0.717, 1.165) is 37.2 Å². The van der Waals surface area contributed by atoms with Crippen molar-refractivity contribution in [2.24, 2.45) is 0 Å². The molecular formula is C19H29N3O2. The van der Waals surface area contributed by atoms with Crippen LogP contribution in [0.15, 0.2) is 24.3 Å². The quantitative estimate of drug-likeness (QED) is 0.842. The van der Waals surface area contributed by atoms with Crippen molar-refractivity contribution in [3.8, 4) is 0 Å². The Morgan fingerprint density at radius 2 is 1.71 bits per heavy atom. The Morgan fingerprint density at radius 3 is 2.29 bits per heavy atom.